The molecule has 0 spiro atoms. The minimum atomic E-state index is -1.27. The molecule has 1 fully saturated rings. The third-order valence-electron chi connectivity index (χ3n) is 5.08. The molecule has 6 N–H and O–H groups in total. The average Bonchev–Trinajstić information content (AvgIpc) is 3.29. The number of nitrogens with two attached hydrogens (primary N) is 1. The number of aromatic nitrogens is 5. The highest BCUT2D eigenvalue weighted by Gasteiger charge is 2.44. The zero-order valence-electron chi connectivity index (χ0n) is 15.6. The molecule has 0 bridgehead atoms. The van der Waals surface area contributed by atoms with Crippen LogP contribution in [0.25, 0.3) is 22.1 Å². The molecule has 1 aliphatic heterocycles. The van der Waals surface area contributed by atoms with Gasteiger partial charge in [0.05, 0.1) is 18.5 Å². The summed E-state index contributed by atoms with van der Waals surface area (Å²) >= 11 is 0. The number of aliphatic hydroxyl groups is 3. The molecule has 0 amide bonds. The van der Waals surface area contributed by atoms with Gasteiger partial charge >= 0.3 is 0 Å². The summed E-state index contributed by atoms with van der Waals surface area (Å²) in [6.45, 7) is -0.432. The third kappa shape index (κ3) is 3.00. The molecule has 3 aromatic heterocycles. The molecule has 0 aliphatic carbocycles. The molecular weight excluding hydrogens is 390 g/mol. The lowest BCUT2D eigenvalue weighted by Crippen LogP contribution is -2.33. The van der Waals surface area contributed by atoms with Crippen molar-refractivity contribution in [1.29, 1.82) is 0 Å². The molecule has 5 rings (SSSR count). The van der Waals surface area contributed by atoms with Crippen LogP contribution in [0, 0.1) is 0 Å². The maximum absolute atomic E-state index is 10.3. The topological polar surface area (TPSA) is 164 Å². The molecule has 1 saturated heterocycles. The Balaban J connectivity index is 1.52. The number of nitrogen functional groups attached to an aromatic ring is 1. The van der Waals surface area contributed by atoms with Crippen LogP contribution in [0.1, 0.15) is 6.23 Å². The van der Waals surface area contributed by atoms with Crippen LogP contribution in [-0.2, 0) is 4.74 Å². The molecule has 1 aromatic carbocycles. The van der Waals surface area contributed by atoms with Crippen LogP contribution >= 0.6 is 0 Å². The molecule has 11 heteroatoms. The first-order valence-corrected chi connectivity index (χ1v) is 9.30. The van der Waals surface area contributed by atoms with Crippen molar-refractivity contribution < 1.29 is 20.1 Å². The lowest BCUT2D eigenvalue weighted by Gasteiger charge is -2.16. The Morgan fingerprint density at radius 2 is 1.90 bits per heavy atom. The molecule has 1 aliphatic rings. The van der Waals surface area contributed by atoms with E-state index < -0.39 is 31.1 Å². The molecule has 11 nitrogen and oxygen atoms in total. The van der Waals surface area contributed by atoms with Crippen molar-refractivity contribution >= 4 is 39.7 Å². The standard InChI is InChI=1S/C19H19N7O4/c20-16-13-17(26(8-21-13)18-15(29)14(28)11(7-27)30-18)25-19(24-16)23-12-6-5-9-3-1-2-4-10(9)22-12/h1-6,8,11,14-15,18,27-29H,7H2,(H3,20,22,23,24,25)/t11-,14?,15?,18-/m1/s1. The van der Waals surface area contributed by atoms with E-state index in [2.05, 4.69) is 25.3 Å². The molecule has 30 heavy (non-hydrogen) atoms. The number of aliphatic hydroxyl groups excluding tert-OH is 3. The monoisotopic (exact) mass is 409 g/mol. The van der Waals surface area contributed by atoms with Gasteiger partial charge in [0.25, 0.3) is 0 Å². The van der Waals surface area contributed by atoms with Crippen molar-refractivity contribution in [1.82, 2.24) is 24.5 Å². The highest BCUT2D eigenvalue weighted by molar-refractivity contribution is 5.84. The first-order valence-electron chi connectivity index (χ1n) is 9.30. The second kappa shape index (κ2) is 7.15. The van der Waals surface area contributed by atoms with Crippen molar-refractivity contribution in [2.75, 3.05) is 17.7 Å². The molecule has 4 aromatic rings. The zero-order valence-corrected chi connectivity index (χ0v) is 15.6. The second-order valence-electron chi connectivity index (χ2n) is 7.00. The number of imidazole rings is 1. The fraction of sp³-hybridized carbons (Fsp3) is 0.263. The second-order valence-corrected chi connectivity index (χ2v) is 7.00. The van der Waals surface area contributed by atoms with Crippen molar-refractivity contribution in [3.05, 3.63) is 42.7 Å². The lowest BCUT2D eigenvalue weighted by molar-refractivity contribution is -0.0511. The molecule has 0 radical (unpaired) electrons. The minimum absolute atomic E-state index is 0.133. The third-order valence-corrected chi connectivity index (χ3v) is 5.08. The largest absolute Gasteiger partial charge is 0.394 e. The van der Waals surface area contributed by atoms with Crippen LogP contribution in [0.4, 0.5) is 17.6 Å². The Hall–Kier alpha value is -3.38. The number of benzene rings is 1. The molecule has 4 heterocycles. The van der Waals surface area contributed by atoms with Crippen molar-refractivity contribution in [3.8, 4) is 0 Å². The number of hydrogen-bond acceptors (Lipinski definition) is 10. The van der Waals surface area contributed by atoms with Gasteiger partial charge in [-0.25, -0.2) is 9.97 Å². The summed E-state index contributed by atoms with van der Waals surface area (Å²) < 4.78 is 7.03. The summed E-state index contributed by atoms with van der Waals surface area (Å²) in [7, 11) is 0. The Morgan fingerprint density at radius 1 is 1.07 bits per heavy atom. The van der Waals surface area contributed by atoms with Crippen molar-refractivity contribution in [3.63, 3.8) is 0 Å². The Labute approximate surface area is 169 Å². The SMILES string of the molecule is Nc1nc(Nc2ccc3ccccc3n2)nc2c1ncn2[C@@H]1O[C@H](CO)C(O)C1O. The van der Waals surface area contributed by atoms with Gasteiger partial charge in [-0.15, -0.1) is 0 Å². The van der Waals surface area contributed by atoms with Crippen molar-refractivity contribution in [2.24, 2.45) is 0 Å². The van der Waals surface area contributed by atoms with E-state index >= 15 is 0 Å². The summed E-state index contributed by atoms with van der Waals surface area (Å²) in [6, 6.07) is 11.4. The summed E-state index contributed by atoms with van der Waals surface area (Å²) in [5.41, 5.74) is 7.49. The quantitative estimate of drug-likeness (QED) is 0.317. The maximum atomic E-state index is 10.3. The molecular formula is C19H19N7O4. The van der Waals surface area contributed by atoms with Crippen LogP contribution in [0.5, 0.6) is 0 Å². The summed E-state index contributed by atoms with van der Waals surface area (Å²) in [5.74, 6) is 0.858. The number of hydrogen-bond donors (Lipinski definition) is 5. The van der Waals surface area contributed by atoms with Gasteiger partial charge in [-0.05, 0) is 18.2 Å². The highest BCUT2D eigenvalue weighted by Crippen LogP contribution is 2.32. The smallest absolute Gasteiger partial charge is 0.232 e. The number of pyridine rings is 1. The molecule has 4 atom stereocenters. The van der Waals surface area contributed by atoms with E-state index in [-0.39, 0.29) is 11.8 Å². The van der Waals surface area contributed by atoms with Crippen LogP contribution in [0.3, 0.4) is 0 Å². The Morgan fingerprint density at radius 3 is 2.70 bits per heavy atom. The van der Waals surface area contributed by atoms with Gasteiger partial charge in [-0.2, -0.15) is 9.97 Å². The Bertz CT molecular complexity index is 1230. The predicted octanol–water partition coefficient (Wildman–Crippen LogP) is 0.312. The van der Waals surface area contributed by atoms with Gasteiger partial charge < -0.3 is 31.1 Å². The number of fused-ring (bicyclic) bond motifs is 2. The van der Waals surface area contributed by atoms with Gasteiger partial charge in [-0.1, -0.05) is 18.2 Å². The maximum Gasteiger partial charge on any atom is 0.232 e. The number of anilines is 3. The summed E-state index contributed by atoms with van der Waals surface area (Å²) in [6.07, 6.45) is -3.01. The molecule has 154 valence electrons. The fourth-order valence-corrected chi connectivity index (χ4v) is 3.54. The van der Waals surface area contributed by atoms with E-state index in [1.165, 1.54) is 10.9 Å². The molecule has 0 saturated carbocycles. The fourth-order valence-electron chi connectivity index (χ4n) is 3.54. The number of nitrogens with zero attached hydrogens (tertiary/aromatic N) is 5. The van der Waals surface area contributed by atoms with Gasteiger partial charge in [0.1, 0.15) is 29.6 Å². The van der Waals surface area contributed by atoms with E-state index in [1.54, 1.807) is 6.07 Å². The van der Waals surface area contributed by atoms with Crippen LogP contribution < -0.4 is 11.1 Å². The van der Waals surface area contributed by atoms with E-state index in [0.29, 0.717) is 17.0 Å². The predicted molar refractivity (Wildman–Crippen MR) is 108 cm³/mol. The summed E-state index contributed by atoms with van der Waals surface area (Å²) in [5, 5.41) is 33.7. The van der Waals surface area contributed by atoms with E-state index in [9.17, 15) is 15.3 Å². The molecule has 2 unspecified atom stereocenters. The Kier molecular flexibility index (Phi) is 4.44. The normalized spacial score (nSPS) is 24.0. The number of para-hydroxylation sites is 1. The number of ether oxygens (including phenoxy) is 1. The van der Waals surface area contributed by atoms with E-state index in [0.717, 1.165) is 10.9 Å². The number of rotatable bonds is 4. The van der Waals surface area contributed by atoms with Crippen LogP contribution in [-0.4, -0.2) is 64.7 Å². The summed E-state index contributed by atoms with van der Waals surface area (Å²) in [4.78, 5) is 17.4. The van der Waals surface area contributed by atoms with E-state index in [4.69, 9.17) is 10.5 Å². The van der Waals surface area contributed by atoms with Crippen LogP contribution in [0.15, 0.2) is 42.7 Å². The average molecular weight is 409 g/mol. The van der Waals surface area contributed by atoms with Gasteiger partial charge in [0, 0.05) is 5.39 Å². The first-order chi connectivity index (χ1) is 14.5. The first kappa shape index (κ1) is 18.6. The van der Waals surface area contributed by atoms with Gasteiger partial charge in [0.15, 0.2) is 17.7 Å². The van der Waals surface area contributed by atoms with Gasteiger partial charge in [-0.3, -0.25) is 4.57 Å². The number of nitrogens with one attached hydrogen (secondary N) is 1. The zero-order chi connectivity index (χ0) is 20.8. The van der Waals surface area contributed by atoms with Gasteiger partial charge in [0.2, 0.25) is 5.95 Å². The van der Waals surface area contributed by atoms with Crippen molar-refractivity contribution in [2.45, 2.75) is 24.5 Å². The van der Waals surface area contributed by atoms with E-state index in [1.807, 2.05) is 30.3 Å². The lowest BCUT2D eigenvalue weighted by atomic mass is 10.1. The minimum Gasteiger partial charge on any atom is -0.394 e. The highest BCUT2D eigenvalue weighted by atomic mass is 16.6. The van der Waals surface area contributed by atoms with Crippen LogP contribution in [0.2, 0.25) is 0 Å².